The second-order valence-electron chi connectivity index (χ2n) is 6.82. The van der Waals surface area contributed by atoms with Crippen LogP contribution in [0.25, 0.3) is 0 Å². The van der Waals surface area contributed by atoms with E-state index < -0.39 is 0 Å². The summed E-state index contributed by atoms with van der Waals surface area (Å²) in [5.74, 6) is 2.65. The van der Waals surface area contributed by atoms with Gasteiger partial charge in [-0.15, -0.1) is 0 Å². The van der Waals surface area contributed by atoms with Gasteiger partial charge in [0.2, 0.25) is 0 Å². The zero-order valence-electron chi connectivity index (χ0n) is 10.7. The summed E-state index contributed by atoms with van der Waals surface area (Å²) in [6.07, 6.45) is 2.51. The van der Waals surface area contributed by atoms with Crippen molar-refractivity contribution in [1.29, 1.82) is 0 Å². The van der Waals surface area contributed by atoms with Gasteiger partial charge in [0, 0.05) is 0 Å². The Kier molecular flexibility index (Phi) is 1.88. The van der Waals surface area contributed by atoms with Gasteiger partial charge in [0.15, 0.2) is 0 Å². The highest BCUT2D eigenvalue weighted by atomic mass is 16.5. The van der Waals surface area contributed by atoms with Crippen LogP contribution in [0.2, 0.25) is 0 Å². The van der Waals surface area contributed by atoms with Crippen molar-refractivity contribution in [3.8, 4) is 0 Å². The van der Waals surface area contributed by atoms with Crippen molar-refractivity contribution in [2.45, 2.75) is 40.5 Å². The molecule has 3 fully saturated rings. The van der Waals surface area contributed by atoms with Gasteiger partial charge in [-0.3, -0.25) is 4.79 Å². The van der Waals surface area contributed by atoms with E-state index in [1.807, 2.05) is 6.92 Å². The number of hydrogen-bond donors (Lipinski definition) is 0. The lowest BCUT2D eigenvalue weighted by atomic mass is 9.90. The SMILES string of the molecule is CCOC(=O)[C@H]1[C@H]2C[C@@H]3[C@@H](C[C@@]21C)C3(C)C. The van der Waals surface area contributed by atoms with Crippen molar-refractivity contribution in [3.63, 3.8) is 0 Å². The highest BCUT2D eigenvalue weighted by Crippen LogP contribution is 2.79. The maximum absolute atomic E-state index is 11.8. The predicted molar refractivity (Wildman–Crippen MR) is 61.7 cm³/mol. The van der Waals surface area contributed by atoms with Crippen LogP contribution < -0.4 is 0 Å². The van der Waals surface area contributed by atoms with E-state index in [0.29, 0.717) is 17.9 Å². The molecule has 0 spiro atoms. The van der Waals surface area contributed by atoms with Gasteiger partial charge in [-0.2, -0.15) is 0 Å². The molecule has 0 aromatic heterocycles. The van der Waals surface area contributed by atoms with E-state index in [9.17, 15) is 4.79 Å². The van der Waals surface area contributed by atoms with Gasteiger partial charge in [-0.05, 0) is 48.3 Å². The number of esters is 1. The minimum Gasteiger partial charge on any atom is -0.466 e. The number of carbonyl (C=O) groups is 1. The highest BCUT2D eigenvalue weighted by Gasteiger charge is 2.75. The number of carbonyl (C=O) groups excluding carboxylic acids is 1. The number of hydrogen-bond acceptors (Lipinski definition) is 2. The largest absolute Gasteiger partial charge is 0.466 e. The maximum atomic E-state index is 11.8. The van der Waals surface area contributed by atoms with Crippen LogP contribution in [0, 0.1) is 34.5 Å². The molecule has 3 rings (SSSR count). The molecule has 90 valence electrons. The van der Waals surface area contributed by atoms with Gasteiger partial charge in [-0.1, -0.05) is 20.8 Å². The molecule has 0 aliphatic heterocycles. The quantitative estimate of drug-likeness (QED) is 0.672. The van der Waals surface area contributed by atoms with Crippen molar-refractivity contribution < 1.29 is 9.53 Å². The standard InChI is InChI=1S/C14H22O2/c1-5-16-12(15)11-9-6-8-10(13(8,2)3)7-14(9,11)4/h8-11H,5-7H2,1-4H3/t8-,9-,10-,11-,14+/m1/s1. The van der Waals surface area contributed by atoms with Crippen LogP contribution in [0.15, 0.2) is 0 Å². The van der Waals surface area contributed by atoms with E-state index in [1.54, 1.807) is 0 Å². The van der Waals surface area contributed by atoms with E-state index in [2.05, 4.69) is 20.8 Å². The fraction of sp³-hybridized carbons (Fsp3) is 0.929. The average Bonchev–Trinajstić information content (AvgIpc) is 2.96. The molecule has 0 radical (unpaired) electrons. The van der Waals surface area contributed by atoms with Crippen LogP contribution in [0.4, 0.5) is 0 Å². The topological polar surface area (TPSA) is 26.3 Å². The Balaban J connectivity index is 1.71. The molecule has 3 aliphatic rings. The fourth-order valence-corrected chi connectivity index (χ4v) is 4.49. The molecule has 0 aromatic carbocycles. The Morgan fingerprint density at radius 2 is 1.94 bits per heavy atom. The molecule has 0 heterocycles. The maximum Gasteiger partial charge on any atom is 0.309 e. The van der Waals surface area contributed by atoms with Crippen molar-refractivity contribution in [2.75, 3.05) is 6.61 Å². The first-order valence-electron chi connectivity index (χ1n) is 6.59. The summed E-state index contributed by atoms with van der Waals surface area (Å²) >= 11 is 0. The zero-order valence-corrected chi connectivity index (χ0v) is 10.7. The third kappa shape index (κ3) is 1.11. The first-order valence-corrected chi connectivity index (χ1v) is 6.59. The fourth-order valence-electron chi connectivity index (χ4n) is 4.49. The molecule has 5 atom stereocenters. The molecule has 3 saturated carbocycles. The van der Waals surface area contributed by atoms with E-state index in [1.165, 1.54) is 12.8 Å². The first-order chi connectivity index (χ1) is 7.43. The Morgan fingerprint density at radius 3 is 2.50 bits per heavy atom. The zero-order chi connectivity index (χ0) is 11.7. The van der Waals surface area contributed by atoms with E-state index in [0.717, 1.165) is 11.8 Å². The molecule has 16 heavy (non-hydrogen) atoms. The van der Waals surface area contributed by atoms with Crippen molar-refractivity contribution in [1.82, 2.24) is 0 Å². The van der Waals surface area contributed by atoms with Crippen LogP contribution in [0.1, 0.15) is 40.5 Å². The lowest BCUT2D eigenvalue weighted by molar-refractivity contribution is -0.145. The molecule has 0 aromatic rings. The smallest absolute Gasteiger partial charge is 0.309 e. The van der Waals surface area contributed by atoms with Crippen molar-refractivity contribution >= 4 is 5.97 Å². The average molecular weight is 222 g/mol. The number of ether oxygens (including phenoxy) is 1. The molecule has 0 unspecified atom stereocenters. The van der Waals surface area contributed by atoms with Crippen LogP contribution in [-0.4, -0.2) is 12.6 Å². The lowest BCUT2D eigenvalue weighted by Crippen LogP contribution is -2.13. The third-order valence-electron chi connectivity index (χ3n) is 5.85. The van der Waals surface area contributed by atoms with E-state index in [-0.39, 0.29) is 17.3 Å². The Labute approximate surface area is 97.7 Å². The number of rotatable bonds is 2. The van der Waals surface area contributed by atoms with Crippen LogP contribution in [-0.2, 0) is 9.53 Å². The van der Waals surface area contributed by atoms with Crippen LogP contribution >= 0.6 is 0 Å². The van der Waals surface area contributed by atoms with Crippen LogP contribution in [0.3, 0.4) is 0 Å². The minimum absolute atomic E-state index is 0.0640. The summed E-state index contributed by atoms with van der Waals surface area (Å²) in [6, 6.07) is 0. The molecule has 3 aliphatic carbocycles. The molecule has 0 N–H and O–H groups in total. The lowest BCUT2D eigenvalue weighted by Gasteiger charge is -2.15. The third-order valence-corrected chi connectivity index (χ3v) is 5.85. The van der Waals surface area contributed by atoms with Crippen molar-refractivity contribution in [2.24, 2.45) is 34.5 Å². The summed E-state index contributed by atoms with van der Waals surface area (Å²) in [7, 11) is 0. The molecular weight excluding hydrogens is 200 g/mol. The molecule has 0 amide bonds. The van der Waals surface area contributed by atoms with Gasteiger partial charge < -0.3 is 4.74 Å². The summed E-state index contributed by atoms with van der Waals surface area (Å²) in [5.41, 5.74) is 0.830. The Morgan fingerprint density at radius 1 is 1.25 bits per heavy atom. The van der Waals surface area contributed by atoms with Gasteiger partial charge in [-0.25, -0.2) is 0 Å². The molecule has 0 saturated heterocycles. The molecule has 0 bridgehead atoms. The second kappa shape index (κ2) is 2.83. The highest BCUT2D eigenvalue weighted by molar-refractivity contribution is 5.78. The van der Waals surface area contributed by atoms with Gasteiger partial charge in [0.05, 0.1) is 12.5 Å². The summed E-state index contributed by atoms with van der Waals surface area (Å²) < 4.78 is 5.19. The van der Waals surface area contributed by atoms with E-state index in [4.69, 9.17) is 4.74 Å². The molecular formula is C14H22O2. The monoisotopic (exact) mass is 222 g/mol. The van der Waals surface area contributed by atoms with Crippen molar-refractivity contribution in [3.05, 3.63) is 0 Å². The Bertz CT molecular complexity index is 347. The van der Waals surface area contributed by atoms with E-state index >= 15 is 0 Å². The Hall–Kier alpha value is -0.530. The van der Waals surface area contributed by atoms with Gasteiger partial charge in [0.25, 0.3) is 0 Å². The van der Waals surface area contributed by atoms with Gasteiger partial charge >= 0.3 is 5.97 Å². The summed E-state index contributed by atoms with van der Waals surface area (Å²) in [6.45, 7) is 9.48. The molecule has 2 heteroatoms. The van der Waals surface area contributed by atoms with Gasteiger partial charge in [0.1, 0.15) is 0 Å². The summed E-state index contributed by atoms with van der Waals surface area (Å²) in [5, 5.41) is 0. The van der Waals surface area contributed by atoms with Crippen LogP contribution in [0.5, 0.6) is 0 Å². The summed E-state index contributed by atoms with van der Waals surface area (Å²) in [4.78, 5) is 11.8. The number of fused-ring (bicyclic) bond motifs is 2. The minimum atomic E-state index is 0.0640. The normalized spacial score (nSPS) is 51.2. The predicted octanol–water partition coefficient (Wildman–Crippen LogP) is 2.87. The first kappa shape index (κ1) is 10.6. The second-order valence-corrected chi connectivity index (χ2v) is 6.82. The molecule has 2 nitrogen and oxygen atoms in total.